The second-order valence-electron chi connectivity index (χ2n) is 12.5. The second-order valence-corrected chi connectivity index (χ2v) is 13.4. The van der Waals surface area contributed by atoms with Gasteiger partial charge in [0.1, 0.15) is 10.8 Å². The third-order valence-corrected chi connectivity index (χ3v) is 9.36. The molecule has 8 nitrogen and oxygen atoms in total. The molecule has 2 amide bonds. The number of hydrogen-bond acceptors (Lipinski definition) is 7. The third kappa shape index (κ3) is 8.08. The number of benzene rings is 2. The fourth-order valence-electron chi connectivity index (χ4n) is 5.76. The predicted molar refractivity (Wildman–Crippen MR) is 180 cm³/mol. The molecule has 1 aliphatic rings. The highest BCUT2D eigenvalue weighted by Gasteiger charge is 2.33. The largest absolute Gasteiger partial charge is 0.506 e. The van der Waals surface area contributed by atoms with Gasteiger partial charge >= 0.3 is 0 Å². The number of thiazole rings is 1. The maximum atomic E-state index is 13.6. The summed E-state index contributed by atoms with van der Waals surface area (Å²) in [6.45, 7) is 11.4. The van der Waals surface area contributed by atoms with E-state index in [2.05, 4.69) is 40.5 Å². The van der Waals surface area contributed by atoms with E-state index in [1.807, 2.05) is 67.7 Å². The Bertz CT molecular complexity index is 1670. The van der Waals surface area contributed by atoms with Crippen LogP contribution >= 0.6 is 11.3 Å². The van der Waals surface area contributed by atoms with E-state index in [1.54, 1.807) is 23.5 Å². The zero-order valence-corrected chi connectivity index (χ0v) is 27.6. The molecule has 3 N–H and O–H groups in total. The molecule has 4 aromatic rings. The van der Waals surface area contributed by atoms with E-state index in [-0.39, 0.29) is 29.6 Å². The zero-order chi connectivity index (χ0) is 32.1. The average Bonchev–Trinajstić information content (AvgIpc) is 3.68. The lowest BCUT2D eigenvalue weighted by Crippen LogP contribution is -2.34. The molecule has 0 bridgehead atoms. The molecule has 45 heavy (non-hydrogen) atoms. The number of aromatic nitrogens is 2. The molecule has 1 fully saturated rings. The molecule has 2 aromatic carbocycles. The van der Waals surface area contributed by atoms with Gasteiger partial charge < -0.3 is 20.6 Å². The molecular formula is C36H43N5O3S. The van der Waals surface area contributed by atoms with E-state index in [0.29, 0.717) is 48.7 Å². The molecule has 3 heterocycles. The van der Waals surface area contributed by atoms with Gasteiger partial charge in [-0.2, -0.15) is 0 Å². The molecule has 0 spiro atoms. The lowest BCUT2D eigenvalue weighted by atomic mass is 10.0. The number of phenols is 1. The number of amides is 2. The first kappa shape index (κ1) is 32.2. The van der Waals surface area contributed by atoms with Crippen LogP contribution in [0.5, 0.6) is 5.75 Å². The zero-order valence-electron chi connectivity index (χ0n) is 26.8. The first-order valence-corrected chi connectivity index (χ1v) is 16.6. The Balaban J connectivity index is 1.16. The first-order chi connectivity index (χ1) is 21.6. The molecule has 1 aliphatic heterocycles. The van der Waals surface area contributed by atoms with Crippen molar-refractivity contribution in [1.82, 2.24) is 20.2 Å². The average molecular weight is 626 g/mol. The highest BCUT2D eigenvalue weighted by molar-refractivity contribution is 7.09. The summed E-state index contributed by atoms with van der Waals surface area (Å²) < 4.78 is 0. The first-order valence-electron chi connectivity index (χ1n) is 15.7. The molecular weight excluding hydrogens is 582 g/mol. The van der Waals surface area contributed by atoms with E-state index >= 15 is 0 Å². The van der Waals surface area contributed by atoms with Gasteiger partial charge in [0.25, 0.3) is 11.8 Å². The van der Waals surface area contributed by atoms with Crippen LogP contribution in [-0.4, -0.2) is 44.4 Å². The number of phenolic OH excluding ortho intramolecular Hbond substituents is 1. The second kappa shape index (κ2) is 14.2. The van der Waals surface area contributed by atoms with Gasteiger partial charge in [0.05, 0.1) is 11.7 Å². The number of anilines is 1. The molecule has 1 saturated heterocycles. The Morgan fingerprint density at radius 2 is 1.84 bits per heavy atom. The lowest BCUT2D eigenvalue weighted by molar-refractivity contribution is 0.0735. The van der Waals surface area contributed by atoms with Crippen LogP contribution in [0.4, 0.5) is 5.69 Å². The summed E-state index contributed by atoms with van der Waals surface area (Å²) in [6.07, 6.45) is 6.96. The van der Waals surface area contributed by atoms with Crippen molar-refractivity contribution in [2.75, 3.05) is 11.9 Å². The number of likely N-dealkylation sites (tertiary alicyclic amines) is 1. The van der Waals surface area contributed by atoms with Gasteiger partial charge in [0.2, 0.25) is 0 Å². The van der Waals surface area contributed by atoms with Crippen LogP contribution in [0, 0.1) is 13.8 Å². The van der Waals surface area contributed by atoms with Crippen LogP contribution in [0.2, 0.25) is 0 Å². The topological polar surface area (TPSA) is 107 Å². The fourth-order valence-corrected chi connectivity index (χ4v) is 6.70. The van der Waals surface area contributed by atoms with Crippen LogP contribution in [0.3, 0.4) is 0 Å². The Kier molecular flexibility index (Phi) is 10.2. The summed E-state index contributed by atoms with van der Waals surface area (Å²) in [5, 5.41) is 20.0. The predicted octanol–water partition coefficient (Wildman–Crippen LogP) is 7.32. The summed E-state index contributed by atoms with van der Waals surface area (Å²) in [5.41, 5.74) is 6.75. The Morgan fingerprint density at radius 1 is 1.04 bits per heavy atom. The maximum Gasteiger partial charge on any atom is 0.254 e. The SMILES string of the molecule is Cc1cc(C(=O)N[C@@H](C)CCc2ccc(NCc3cncc(C(C)C)c3)c(O)c2)cc(C(=O)N2CCC[C@@H]2c2nc(C)cs2)c1. The van der Waals surface area contributed by atoms with Crippen molar-refractivity contribution >= 4 is 28.8 Å². The van der Waals surface area contributed by atoms with Crippen molar-refractivity contribution in [3.05, 3.63) is 104 Å². The summed E-state index contributed by atoms with van der Waals surface area (Å²) in [7, 11) is 0. The molecule has 2 atom stereocenters. The van der Waals surface area contributed by atoms with E-state index in [4.69, 9.17) is 0 Å². The minimum absolute atomic E-state index is 0.0163. The number of aryl methyl sites for hydroxylation is 3. The minimum Gasteiger partial charge on any atom is -0.506 e. The van der Waals surface area contributed by atoms with Gasteiger partial charge in [0.15, 0.2) is 0 Å². The molecule has 236 valence electrons. The van der Waals surface area contributed by atoms with E-state index in [0.717, 1.165) is 40.2 Å². The van der Waals surface area contributed by atoms with Crippen LogP contribution < -0.4 is 10.6 Å². The molecule has 0 aliphatic carbocycles. The van der Waals surface area contributed by atoms with Gasteiger partial charge in [-0.1, -0.05) is 26.0 Å². The normalized spacial score (nSPS) is 15.3. The lowest BCUT2D eigenvalue weighted by Gasteiger charge is -2.23. The molecule has 2 aromatic heterocycles. The Hall–Kier alpha value is -4.24. The number of pyridine rings is 1. The van der Waals surface area contributed by atoms with Crippen molar-refractivity contribution in [2.24, 2.45) is 0 Å². The summed E-state index contributed by atoms with van der Waals surface area (Å²) in [6, 6.07) is 13.1. The summed E-state index contributed by atoms with van der Waals surface area (Å²) in [4.78, 5) is 37.7. The number of carbonyl (C=O) groups is 2. The van der Waals surface area contributed by atoms with Crippen molar-refractivity contribution in [2.45, 2.75) is 84.8 Å². The third-order valence-electron chi connectivity index (χ3n) is 8.29. The highest BCUT2D eigenvalue weighted by Crippen LogP contribution is 2.35. The monoisotopic (exact) mass is 625 g/mol. The van der Waals surface area contributed by atoms with Gasteiger partial charge in [-0.05, 0) is 105 Å². The number of hydrogen-bond donors (Lipinski definition) is 3. The Morgan fingerprint density at radius 3 is 2.58 bits per heavy atom. The van der Waals surface area contributed by atoms with Gasteiger partial charge in [-0.3, -0.25) is 14.6 Å². The maximum absolute atomic E-state index is 13.6. The molecule has 0 radical (unpaired) electrons. The molecule has 5 rings (SSSR count). The van der Waals surface area contributed by atoms with E-state index in [1.165, 1.54) is 5.56 Å². The smallest absolute Gasteiger partial charge is 0.254 e. The van der Waals surface area contributed by atoms with Gasteiger partial charge in [-0.15, -0.1) is 11.3 Å². The van der Waals surface area contributed by atoms with Crippen molar-refractivity contribution in [3.8, 4) is 5.75 Å². The van der Waals surface area contributed by atoms with Crippen molar-refractivity contribution in [3.63, 3.8) is 0 Å². The number of aromatic hydroxyl groups is 1. The number of nitrogens with one attached hydrogen (secondary N) is 2. The van der Waals surface area contributed by atoms with Crippen LogP contribution in [0.25, 0.3) is 0 Å². The molecule has 9 heteroatoms. The standard InChI is InChI=1S/C36H43N5O3S/c1-22(2)30-15-27(18-37-20-30)19-38-31-11-10-26(16-33(31)42)9-8-24(4)39-34(43)28-13-23(3)14-29(17-28)36(44)41-12-6-7-32(41)35-40-25(5)21-45-35/h10-11,13-18,20-22,24,32,38,42H,6-9,12,19H2,1-5H3,(H,39,43)/t24-,32+/m0/s1. The molecule has 0 saturated carbocycles. The highest BCUT2D eigenvalue weighted by atomic mass is 32.1. The quantitative estimate of drug-likeness (QED) is 0.151. The number of nitrogens with zero attached hydrogens (tertiary/aromatic N) is 3. The van der Waals surface area contributed by atoms with E-state index in [9.17, 15) is 14.7 Å². The number of carbonyl (C=O) groups excluding carboxylic acids is 2. The summed E-state index contributed by atoms with van der Waals surface area (Å²) in [5.74, 6) is 0.337. The van der Waals surface area contributed by atoms with Gasteiger partial charge in [-0.25, -0.2) is 4.98 Å². The van der Waals surface area contributed by atoms with Crippen molar-refractivity contribution < 1.29 is 14.7 Å². The van der Waals surface area contributed by atoms with Crippen LogP contribution in [-0.2, 0) is 13.0 Å². The van der Waals surface area contributed by atoms with Crippen LogP contribution in [0.15, 0.2) is 60.2 Å². The molecule has 0 unspecified atom stereocenters. The Labute approximate surface area is 269 Å². The van der Waals surface area contributed by atoms with Gasteiger partial charge in [0, 0.05) is 53.7 Å². The van der Waals surface area contributed by atoms with E-state index < -0.39 is 0 Å². The number of rotatable bonds is 11. The fraction of sp³-hybridized carbons (Fsp3) is 0.389. The van der Waals surface area contributed by atoms with Crippen LogP contribution in [0.1, 0.15) is 106 Å². The minimum atomic E-state index is -0.202. The summed E-state index contributed by atoms with van der Waals surface area (Å²) >= 11 is 1.60. The van der Waals surface area contributed by atoms with Crippen molar-refractivity contribution in [1.29, 1.82) is 0 Å².